The highest BCUT2D eigenvalue weighted by Crippen LogP contribution is 1.92. The monoisotopic (exact) mass is 296 g/mol. The van der Waals surface area contributed by atoms with Crippen LogP contribution in [0.4, 0.5) is 0 Å². The van der Waals surface area contributed by atoms with Crippen LogP contribution in [0.3, 0.4) is 0 Å². The van der Waals surface area contributed by atoms with Gasteiger partial charge in [-0.25, -0.2) is 0 Å². The van der Waals surface area contributed by atoms with E-state index < -0.39 is 0 Å². The van der Waals surface area contributed by atoms with E-state index in [1.807, 2.05) is 52.1 Å². The molecule has 0 saturated carbocycles. The van der Waals surface area contributed by atoms with Gasteiger partial charge in [-0.1, -0.05) is 0 Å². The summed E-state index contributed by atoms with van der Waals surface area (Å²) in [5.74, 6) is -0.641. The van der Waals surface area contributed by atoms with Crippen molar-refractivity contribution in [3.8, 4) is 0 Å². The second kappa shape index (κ2) is 16.3. The van der Waals surface area contributed by atoms with Crippen molar-refractivity contribution in [1.82, 2.24) is 9.80 Å². The summed E-state index contributed by atoms with van der Waals surface area (Å²) in [4.78, 5) is 24.9. The molecule has 0 saturated heterocycles. The lowest BCUT2D eigenvalue weighted by Gasteiger charge is -1.98. The average Bonchev–Trinajstić information content (AvgIpc) is 2.23. The summed E-state index contributed by atoms with van der Waals surface area (Å²) < 4.78 is 8.90. The standard InChI is InChI=1S/C4H10O4Si2.2C3H9N/c5-3(7-9)1-2-4(6)8-10;2*1-4(2)3/h1-2H2,9-10H3;2*1-3H3. The first kappa shape index (κ1) is 22.5. The highest BCUT2D eigenvalue weighted by molar-refractivity contribution is 6.07. The van der Waals surface area contributed by atoms with Crippen LogP contribution >= 0.6 is 0 Å². The molecule has 0 heterocycles. The molecule has 0 atom stereocenters. The maximum absolute atomic E-state index is 10.4. The number of carbonyl (C=O) groups excluding carboxylic acids is 2. The van der Waals surface area contributed by atoms with Crippen LogP contribution in [0.5, 0.6) is 0 Å². The Morgan fingerprint density at radius 1 is 0.778 bits per heavy atom. The molecule has 0 unspecified atom stereocenters. The minimum atomic E-state index is -0.321. The summed E-state index contributed by atoms with van der Waals surface area (Å²) in [6, 6.07) is 0. The van der Waals surface area contributed by atoms with E-state index in [0.29, 0.717) is 21.0 Å². The van der Waals surface area contributed by atoms with E-state index in [9.17, 15) is 9.59 Å². The van der Waals surface area contributed by atoms with Crippen LogP contribution in [-0.2, 0) is 18.4 Å². The van der Waals surface area contributed by atoms with Crippen LogP contribution in [0.15, 0.2) is 0 Å². The van der Waals surface area contributed by atoms with Gasteiger partial charge in [-0.15, -0.1) is 0 Å². The molecule has 0 aromatic carbocycles. The number of hydrogen-bond donors (Lipinski definition) is 0. The topological polar surface area (TPSA) is 59.1 Å². The van der Waals surface area contributed by atoms with Gasteiger partial charge in [0.05, 0.1) is 12.8 Å². The Morgan fingerprint density at radius 2 is 0.944 bits per heavy atom. The molecule has 0 fully saturated rings. The first-order valence-corrected chi connectivity index (χ1v) is 7.16. The van der Waals surface area contributed by atoms with E-state index in [1.165, 1.54) is 0 Å². The highest BCUT2D eigenvalue weighted by Gasteiger charge is 2.04. The van der Waals surface area contributed by atoms with Crippen molar-refractivity contribution in [2.75, 3.05) is 42.3 Å². The zero-order valence-corrected chi connectivity index (χ0v) is 16.9. The lowest BCUT2D eigenvalue weighted by molar-refractivity contribution is -0.140. The van der Waals surface area contributed by atoms with Gasteiger partial charge in [0.1, 0.15) is 0 Å². The van der Waals surface area contributed by atoms with Gasteiger partial charge in [-0.3, -0.25) is 9.59 Å². The van der Waals surface area contributed by atoms with E-state index in [0.717, 1.165) is 0 Å². The van der Waals surface area contributed by atoms with Gasteiger partial charge in [0, 0.05) is 0 Å². The van der Waals surface area contributed by atoms with Gasteiger partial charge < -0.3 is 18.7 Å². The summed E-state index contributed by atoms with van der Waals surface area (Å²) in [5, 5.41) is 0. The molecule has 8 heteroatoms. The lowest BCUT2D eigenvalue weighted by atomic mass is 10.3. The predicted octanol–water partition coefficient (Wildman–Crippen LogP) is -2.23. The fourth-order valence-corrected chi connectivity index (χ4v) is 0.816. The smallest absolute Gasteiger partial charge is 0.292 e. The Kier molecular flexibility index (Phi) is 20.3. The van der Waals surface area contributed by atoms with E-state index in [2.05, 4.69) is 8.85 Å². The van der Waals surface area contributed by atoms with Gasteiger partial charge in [0.25, 0.3) is 11.9 Å². The molecular formula is C10H28N2O4Si2. The Labute approximate surface area is 117 Å². The summed E-state index contributed by atoms with van der Waals surface area (Å²) in [7, 11) is 12.8. The molecule has 0 aromatic heterocycles. The number of rotatable bonds is 3. The van der Waals surface area contributed by atoms with Gasteiger partial charge in [0.15, 0.2) is 0 Å². The largest absolute Gasteiger partial charge is 0.529 e. The molecule has 6 nitrogen and oxygen atoms in total. The molecule has 18 heavy (non-hydrogen) atoms. The second-order valence-electron chi connectivity index (χ2n) is 4.34. The molecule has 0 aromatic rings. The maximum atomic E-state index is 10.4. The number of hydrogen-bond acceptors (Lipinski definition) is 6. The third-order valence-corrected chi connectivity index (χ3v) is 1.90. The molecule has 0 aliphatic carbocycles. The lowest BCUT2D eigenvalue weighted by Crippen LogP contribution is -2.07. The molecule has 0 amide bonds. The molecule has 0 bridgehead atoms. The highest BCUT2D eigenvalue weighted by atomic mass is 28.2. The zero-order valence-electron chi connectivity index (χ0n) is 12.9. The van der Waals surface area contributed by atoms with Crippen LogP contribution in [0.25, 0.3) is 0 Å². The van der Waals surface area contributed by atoms with Crippen LogP contribution in [0, 0.1) is 0 Å². The van der Waals surface area contributed by atoms with Crippen molar-refractivity contribution < 1.29 is 18.4 Å². The molecule has 0 aliphatic rings. The molecule has 0 aliphatic heterocycles. The quantitative estimate of drug-likeness (QED) is 0.550. The first-order valence-electron chi connectivity index (χ1n) is 5.52. The summed E-state index contributed by atoms with van der Waals surface area (Å²) in [6.07, 6.45) is 0.287. The van der Waals surface area contributed by atoms with E-state index in [1.54, 1.807) is 0 Å². The van der Waals surface area contributed by atoms with Crippen molar-refractivity contribution in [2.24, 2.45) is 0 Å². The third kappa shape index (κ3) is 45.4. The van der Waals surface area contributed by atoms with Crippen LogP contribution in [0.2, 0.25) is 0 Å². The van der Waals surface area contributed by atoms with Crippen molar-refractivity contribution in [1.29, 1.82) is 0 Å². The molecule has 110 valence electrons. The van der Waals surface area contributed by atoms with Gasteiger partial charge in [-0.05, 0) is 42.3 Å². The van der Waals surface area contributed by atoms with Gasteiger partial charge in [0.2, 0.25) is 21.0 Å². The Morgan fingerprint density at radius 3 is 1.06 bits per heavy atom. The zero-order chi connectivity index (χ0) is 15.1. The normalized spacial score (nSPS) is 9.11. The van der Waals surface area contributed by atoms with Gasteiger partial charge in [-0.2, -0.15) is 0 Å². The van der Waals surface area contributed by atoms with Gasteiger partial charge >= 0.3 is 0 Å². The van der Waals surface area contributed by atoms with Crippen LogP contribution in [0.1, 0.15) is 12.8 Å². The minimum Gasteiger partial charge on any atom is -0.529 e. The number of carbonyl (C=O) groups is 2. The SMILES string of the molecule is CN(C)C.CN(C)C.O=C(CCC(=O)O[SiH3])O[SiH3]. The third-order valence-electron chi connectivity index (χ3n) is 0.989. The minimum absolute atomic E-state index is 0.143. The van der Waals surface area contributed by atoms with Crippen LogP contribution in [-0.4, -0.2) is 85.0 Å². The average molecular weight is 297 g/mol. The Hall–Kier alpha value is -0.706. The molecule has 0 spiro atoms. The van der Waals surface area contributed by atoms with Crippen molar-refractivity contribution in [3.63, 3.8) is 0 Å². The summed E-state index contributed by atoms with van der Waals surface area (Å²) >= 11 is 0. The van der Waals surface area contributed by atoms with E-state index in [4.69, 9.17) is 0 Å². The van der Waals surface area contributed by atoms with Crippen molar-refractivity contribution in [2.45, 2.75) is 12.8 Å². The molecule has 0 N–H and O–H groups in total. The number of nitrogens with zero attached hydrogens (tertiary/aromatic N) is 2. The maximum Gasteiger partial charge on any atom is 0.292 e. The first-order chi connectivity index (χ1) is 8.17. The summed E-state index contributed by atoms with van der Waals surface area (Å²) in [5.41, 5.74) is 0. The fraction of sp³-hybridized carbons (Fsp3) is 0.800. The van der Waals surface area contributed by atoms with Crippen molar-refractivity contribution >= 4 is 32.9 Å². The Bertz CT molecular complexity index is 187. The van der Waals surface area contributed by atoms with E-state index in [-0.39, 0.29) is 24.8 Å². The summed E-state index contributed by atoms with van der Waals surface area (Å²) in [6.45, 7) is 0. The second-order valence-corrected chi connectivity index (χ2v) is 5.15. The predicted molar refractivity (Wildman–Crippen MR) is 80.5 cm³/mol. The van der Waals surface area contributed by atoms with Crippen LogP contribution < -0.4 is 0 Å². The molecule has 0 radical (unpaired) electrons. The van der Waals surface area contributed by atoms with E-state index >= 15 is 0 Å². The fourth-order valence-electron chi connectivity index (χ4n) is 0.408. The molecular weight excluding hydrogens is 268 g/mol. The van der Waals surface area contributed by atoms with Crippen molar-refractivity contribution in [3.05, 3.63) is 0 Å². The molecule has 0 rings (SSSR count). The Balaban J connectivity index is -0.000000233.